The largest absolute Gasteiger partial charge is 0.465 e. The van der Waals surface area contributed by atoms with Crippen molar-refractivity contribution in [1.82, 2.24) is 15.1 Å². The zero-order valence-electron chi connectivity index (χ0n) is 20.6. The second kappa shape index (κ2) is 10.5. The first-order valence-electron chi connectivity index (χ1n) is 11.8. The van der Waals surface area contributed by atoms with Crippen LogP contribution in [0.25, 0.3) is 10.9 Å². The van der Waals surface area contributed by atoms with Crippen LogP contribution in [0, 0.1) is 0 Å². The van der Waals surface area contributed by atoms with Crippen LogP contribution in [0.5, 0.6) is 0 Å². The molecule has 1 atom stereocenters. The number of benzene rings is 3. The molecule has 0 bridgehead atoms. The number of aryl methyl sites for hydroxylation is 1. The van der Waals surface area contributed by atoms with Crippen LogP contribution < -0.4 is 5.32 Å². The molecule has 0 saturated carbocycles. The average Bonchev–Trinajstić information content (AvgIpc) is 3.28. The number of aromatic nitrogens is 2. The molecule has 192 valence electrons. The van der Waals surface area contributed by atoms with Crippen LogP contribution in [0.4, 0.5) is 13.2 Å². The number of rotatable bonds is 7. The molecule has 1 aromatic heterocycles. The van der Waals surface area contributed by atoms with Crippen molar-refractivity contribution in [1.29, 1.82) is 0 Å². The lowest BCUT2D eigenvalue weighted by molar-refractivity contribution is -0.137. The number of carbonyl (C=O) groups is 2. The van der Waals surface area contributed by atoms with E-state index in [4.69, 9.17) is 4.74 Å². The Morgan fingerprint density at radius 1 is 1.03 bits per heavy atom. The van der Waals surface area contributed by atoms with Crippen molar-refractivity contribution in [2.75, 3.05) is 7.11 Å². The second-order valence-electron chi connectivity index (χ2n) is 8.66. The molecular formula is C28H26F3N3O3. The minimum Gasteiger partial charge on any atom is -0.465 e. The van der Waals surface area contributed by atoms with Gasteiger partial charge in [0.05, 0.1) is 29.8 Å². The Kier molecular flexibility index (Phi) is 7.33. The Balaban J connectivity index is 1.64. The molecule has 9 heteroatoms. The Morgan fingerprint density at radius 2 is 1.70 bits per heavy atom. The highest BCUT2D eigenvalue weighted by Gasteiger charge is 2.30. The second-order valence-corrected chi connectivity index (χ2v) is 8.66. The Hall–Kier alpha value is -4.14. The quantitative estimate of drug-likeness (QED) is 0.313. The van der Waals surface area contributed by atoms with Gasteiger partial charge in [0.15, 0.2) is 0 Å². The summed E-state index contributed by atoms with van der Waals surface area (Å²) < 4.78 is 45.2. The SMILES string of the molecule is CCn1nc2cccc(Cc3ccc(C(F)(F)F)cc3)c2c1C(=O)N[C@@H](C)c1ccc(C(=O)OC)cc1. The first kappa shape index (κ1) is 25.9. The van der Waals surface area contributed by atoms with Gasteiger partial charge in [-0.1, -0.05) is 36.4 Å². The molecule has 0 aliphatic heterocycles. The topological polar surface area (TPSA) is 73.2 Å². The van der Waals surface area contributed by atoms with Gasteiger partial charge in [0.1, 0.15) is 5.69 Å². The van der Waals surface area contributed by atoms with Crippen LogP contribution in [0.15, 0.2) is 66.7 Å². The molecule has 0 spiro atoms. The van der Waals surface area contributed by atoms with E-state index in [1.165, 1.54) is 19.2 Å². The van der Waals surface area contributed by atoms with Gasteiger partial charge in [0, 0.05) is 11.9 Å². The summed E-state index contributed by atoms with van der Waals surface area (Å²) in [5, 5.41) is 8.24. The maximum Gasteiger partial charge on any atom is 0.416 e. The number of alkyl halides is 3. The molecule has 4 rings (SSSR count). The van der Waals surface area contributed by atoms with Crippen LogP contribution in [-0.2, 0) is 23.9 Å². The van der Waals surface area contributed by atoms with E-state index in [9.17, 15) is 22.8 Å². The highest BCUT2D eigenvalue weighted by molar-refractivity contribution is 6.06. The van der Waals surface area contributed by atoms with Gasteiger partial charge in [-0.05, 0) is 67.3 Å². The van der Waals surface area contributed by atoms with Crippen molar-refractivity contribution >= 4 is 22.8 Å². The van der Waals surface area contributed by atoms with Gasteiger partial charge in [-0.25, -0.2) is 4.79 Å². The molecule has 6 nitrogen and oxygen atoms in total. The third kappa shape index (κ3) is 5.50. The predicted molar refractivity (Wildman–Crippen MR) is 133 cm³/mol. The highest BCUT2D eigenvalue weighted by atomic mass is 19.4. The maximum atomic E-state index is 13.5. The normalized spacial score (nSPS) is 12.4. The van der Waals surface area contributed by atoms with E-state index in [2.05, 4.69) is 10.4 Å². The number of halogens is 3. The number of fused-ring (bicyclic) bond motifs is 1. The van der Waals surface area contributed by atoms with Crippen molar-refractivity contribution in [2.24, 2.45) is 0 Å². The van der Waals surface area contributed by atoms with Crippen molar-refractivity contribution in [2.45, 2.75) is 39.0 Å². The monoisotopic (exact) mass is 509 g/mol. The summed E-state index contributed by atoms with van der Waals surface area (Å²) in [6.07, 6.45) is -4.06. The molecule has 0 radical (unpaired) electrons. The molecule has 37 heavy (non-hydrogen) atoms. The van der Waals surface area contributed by atoms with Crippen LogP contribution >= 0.6 is 0 Å². The van der Waals surface area contributed by atoms with Crippen LogP contribution in [-0.4, -0.2) is 28.8 Å². The lowest BCUT2D eigenvalue weighted by Gasteiger charge is -2.16. The summed E-state index contributed by atoms with van der Waals surface area (Å²) in [7, 11) is 1.31. The third-order valence-electron chi connectivity index (χ3n) is 6.22. The smallest absolute Gasteiger partial charge is 0.416 e. The minimum atomic E-state index is -4.40. The molecule has 0 aliphatic rings. The molecule has 0 fully saturated rings. The minimum absolute atomic E-state index is 0.325. The van der Waals surface area contributed by atoms with Gasteiger partial charge < -0.3 is 10.1 Å². The molecule has 4 aromatic rings. The van der Waals surface area contributed by atoms with E-state index in [1.807, 2.05) is 32.0 Å². The first-order valence-corrected chi connectivity index (χ1v) is 11.8. The number of carbonyl (C=O) groups excluding carboxylic acids is 2. The van der Waals surface area contributed by atoms with Gasteiger partial charge in [0.2, 0.25) is 0 Å². The fourth-order valence-corrected chi connectivity index (χ4v) is 4.26. The van der Waals surface area contributed by atoms with Crippen molar-refractivity contribution in [3.63, 3.8) is 0 Å². The summed E-state index contributed by atoms with van der Waals surface area (Å²) in [5.41, 5.74) is 3.00. The van der Waals surface area contributed by atoms with E-state index in [0.29, 0.717) is 40.7 Å². The summed E-state index contributed by atoms with van der Waals surface area (Å²) >= 11 is 0. The first-order chi connectivity index (χ1) is 17.6. The van der Waals surface area contributed by atoms with E-state index in [1.54, 1.807) is 28.9 Å². The number of hydrogen-bond donors (Lipinski definition) is 1. The zero-order chi connectivity index (χ0) is 26.7. The van der Waals surface area contributed by atoms with Gasteiger partial charge >= 0.3 is 12.1 Å². The molecule has 3 aromatic carbocycles. The summed E-state index contributed by atoms with van der Waals surface area (Å²) in [6, 6.07) is 16.9. The number of nitrogens with zero attached hydrogens (tertiary/aromatic N) is 2. The Bertz CT molecular complexity index is 1430. The molecule has 0 unspecified atom stereocenters. The van der Waals surface area contributed by atoms with E-state index in [0.717, 1.165) is 23.3 Å². The van der Waals surface area contributed by atoms with E-state index in [-0.39, 0.29) is 11.9 Å². The fourth-order valence-electron chi connectivity index (χ4n) is 4.26. The van der Waals surface area contributed by atoms with Gasteiger partial charge in [-0.3, -0.25) is 9.48 Å². The van der Waals surface area contributed by atoms with Crippen LogP contribution in [0.1, 0.15) is 63.0 Å². The third-order valence-corrected chi connectivity index (χ3v) is 6.22. The number of amides is 1. The Labute approximate surface area is 212 Å². The molecule has 1 N–H and O–H groups in total. The number of esters is 1. The standard InChI is InChI=1S/C28H26F3N3O3/c1-4-34-25(26(35)32-17(2)19-10-12-20(13-11-19)27(36)37-3)24-21(6-5-7-23(24)33-34)16-18-8-14-22(15-9-18)28(29,30)31/h5-15,17H,4,16H2,1-3H3,(H,32,35)/t17-/m0/s1. The summed E-state index contributed by atoms with van der Waals surface area (Å²) in [6.45, 7) is 4.18. The number of hydrogen-bond acceptors (Lipinski definition) is 4. The summed E-state index contributed by atoms with van der Waals surface area (Å²) in [4.78, 5) is 25.2. The Morgan fingerprint density at radius 3 is 2.30 bits per heavy atom. The molecule has 0 aliphatic carbocycles. The van der Waals surface area contributed by atoms with Crippen molar-refractivity contribution in [3.8, 4) is 0 Å². The summed E-state index contributed by atoms with van der Waals surface area (Å²) in [5.74, 6) is -0.768. The maximum absolute atomic E-state index is 13.5. The van der Waals surface area contributed by atoms with E-state index >= 15 is 0 Å². The number of nitrogens with one attached hydrogen (secondary N) is 1. The predicted octanol–water partition coefficient (Wildman–Crippen LogP) is 5.94. The van der Waals surface area contributed by atoms with E-state index < -0.39 is 17.7 Å². The molecule has 1 heterocycles. The fraction of sp³-hybridized carbons (Fsp3) is 0.250. The van der Waals surface area contributed by atoms with Gasteiger partial charge in [-0.15, -0.1) is 0 Å². The van der Waals surface area contributed by atoms with Crippen LogP contribution in [0.3, 0.4) is 0 Å². The molecule has 0 saturated heterocycles. The lowest BCUT2D eigenvalue weighted by atomic mass is 9.98. The zero-order valence-corrected chi connectivity index (χ0v) is 20.6. The van der Waals surface area contributed by atoms with Gasteiger partial charge in [0.25, 0.3) is 5.91 Å². The van der Waals surface area contributed by atoms with Gasteiger partial charge in [-0.2, -0.15) is 18.3 Å². The van der Waals surface area contributed by atoms with Crippen molar-refractivity contribution < 1.29 is 27.5 Å². The van der Waals surface area contributed by atoms with Crippen LogP contribution in [0.2, 0.25) is 0 Å². The average molecular weight is 510 g/mol. The molecular weight excluding hydrogens is 483 g/mol. The molecule has 1 amide bonds. The number of methoxy groups -OCH3 is 1. The highest BCUT2D eigenvalue weighted by Crippen LogP contribution is 2.30. The lowest BCUT2D eigenvalue weighted by Crippen LogP contribution is -2.29. The van der Waals surface area contributed by atoms with Crippen molar-refractivity contribution in [3.05, 3.63) is 100 Å². The number of ether oxygens (including phenoxy) is 1.